The predicted molar refractivity (Wildman–Crippen MR) is 71.6 cm³/mol. The van der Waals surface area contributed by atoms with E-state index in [1.54, 1.807) is 0 Å². The fraction of sp³-hybridized carbons (Fsp3) is 1.00. The molecule has 6 nitrogen and oxygen atoms in total. The molecule has 0 bridgehead atoms. The Hall–Kier alpha value is -0.210. The highest BCUT2D eigenvalue weighted by Gasteiger charge is 2.45. The zero-order chi connectivity index (χ0) is 14.7. The van der Waals surface area contributed by atoms with E-state index in [2.05, 4.69) is 4.18 Å². The van der Waals surface area contributed by atoms with Crippen molar-refractivity contribution in [2.24, 2.45) is 0 Å². The number of hydrogen-bond acceptors (Lipinski definition) is 6. The minimum Gasteiger partial charge on any atom is -0.378 e. The standard InChI is InChI=1S/C12H25NO5S/c1-11(2)8-10(9-12(3,4)13(11)14)17-6-5-7-18-19(15)16/h10,14,19H,5-9H2,1-4H3. The van der Waals surface area contributed by atoms with E-state index in [0.29, 0.717) is 13.0 Å². The van der Waals surface area contributed by atoms with Crippen molar-refractivity contribution in [1.29, 1.82) is 0 Å². The molecule has 1 aliphatic rings. The molecule has 1 fully saturated rings. The van der Waals surface area contributed by atoms with Gasteiger partial charge in [-0.05, 0) is 47.0 Å². The van der Waals surface area contributed by atoms with Crippen molar-refractivity contribution in [2.75, 3.05) is 13.2 Å². The van der Waals surface area contributed by atoms with Crippen LogP contribution in [0.3, 0.4) is 0 Å². The topological polar surface area (TPSA) is 76.1 Å². The second-order valence-corrected chi connectivity index (χ2v) is 6.95. The summed E-state index contributed by atoms with van der Waals surface area (Å²) in [7, 11) is -2.76. The van der Waals surface area contributed by atoms with Crippen LogP contribution in [0.15, 0.2) is 0 Å². The maximum absolute atomic E-state index is 10.2. The van der Waals surface area contributed by atoms with E-state index in [-0.39, 0.29) is 23.8 Å². The number of hydroxylamine groups is 2. The Morgan fingerprint density at radius 1 is 1.16 bits per heavy atom. The molecule has 0 aromatic carbocycles. The number of piperidine rings is 1. The van der Waals surface area contributed by atoms with E-state index in [9.17, 15) is 13.6 Å². The van der Waals surface area contributed by atoms with E-state index in [0.717, 1.165) is 12.8 Å². The summed E-state index contributed by atoms with van der Waals surface area (Å²) in [6, 6.07) is 0. The lowest BCUT2D eigenvalue weighted by atomic mass is 9.80. The summed E-state index contributed by atoms with van der Waals surface area (Å²) in [5.41, 5.74) is -0.664. The van der Waals surface area contributed by atoms with Crippen LogP contribution in [0, 0.1) is 0 Å². The highest BCUT2D eigenvalue weighted by molar-refractivity contribution is 7.67. The molecule has 0 radical (unpaired) electrons. The minimum atomic E-state index is -2.76. The average molecular weight is 295 g/mol. The zero-order valence-corrected chi connectivity index (χ0v) is 13.0. The molecule has 1 heterocycles. The SMILES string of the molecule is CC1(C)CC(OCCCO[SH](=O)=O)CC(C)(C)N1O. The average Bonchev–Trinajstić information content (AvgIpc) is 2.24. The molecule has 7 heteroatoms. The number of thiol groups is 1. The highest BCUT2D eigenvalue weighted by Crippen LogP contribution is 2.37. The Labute approximate surface area is 116 Å². The third-order valence-corrected chi connectivity index (χ3v) is 3.83. The second kappa shape index (κ2) is 6.49. The molecule has 19 heavy (non-hydrogen) atoms. The van der Waals surface area contributed by atoms with E-state index in [4.69, 9.17) is 4.74 Å². The van der Waals surface area contributed by atoms with E-state index in [1.807, 2.05) is 27.7 Å². The summed E-state index contributed by atoms with van der Waals surface area (Å²) in [5.74, 6) is 0. The van der Waals surface area contributed by atoms with Crippen LogP contribution in [0.4, 0.5) is 0 Å². The first-order valence-electron chi connectivity index (χ1n) is 6.53. The molecule has 0 atom stereocenters. The monoisotopic (exact) mass is 295 g/mol. The van der Waals surface area contributed by atoms with Gasteiger partial charge in [-0.2, -0.15) is 5.06 Å². The van der Waals surface area contributed by atoms with Gasteiger partial charge < -0.3 is 9.94 Å². The summed E-state index contributed by atoms with van der Waals surface area (Å²) in [5, 5.41) is 11.6. The summed E-state index contributed by atoms with van der Waals surface area (Å²) >= 11 is 0. The van der Waals surface area contributed by atoms with Gasteiger partial charge in [0.1, 0.15) is 0 Å². The summed E-state index contributed by atoms with van der Waals surface area (Å²) in [6.07, 6.45) is 2.09. The van der Waals surface area contributed by atoms with Crippen molar-refractivity contribution < 1.29 is 22.5 Å². The quantitative estimate of drug-likeness (QED) is 0.569. The highest BCUT2D eigenvalue weighted by atomic mass is 32.2. The van der Waals surface area contributed by atoms with Gasteiger partial charge in [0.15, 0.2) is 0 Å². The van der Waals surface area contributed by atoms with Crippen molar-refractivity contribution in [3.8, 4) is 0 Å². The summed E-state index contributed by atoms with van der Waals surface area (Å²) in [4.78, 5) is 0. The van der Waals surface area contributed by atoms with Crippen LogP contribution >= 0.6 is 0 Å². The molecule has 0 aliphatic carbocycles. The van der Waals surface area contributed by atoms with Gasteiger partial charge in [-0.3, -0.25) is 4.18 Å². The summed E-state index contributed by atoms with van der Waals surface area (Å²) < 4.78 is 30.6. The third kappa shape index (κ3) is 5.00. The van der Waals surface area contributed by atoms with E-state index in [1.165, 1.54) is 5.06 Å². The first-order valence-corrected chi connectivity index (χ1v) is 7.63. The Bertz CT molecular complexity index is 341. The Kier molecular flexibility index (Phi) is 5.76. The van der Waals surface area contributed by atoms with E-state index < -0.39 is 11.0 Å². The third-order valence-electron chi connectivity index (χ3n) is 3.44. The zero-order valence-electron chi connectivity index (χ0n) is 12.1. The lowest BCUT2D eigenvalue weighted by Gasteiger charge is -2.51. The van der Waals surface area contributed by atoms with E-state index >= 15 is 0 Å². The molecule has 0 saturated carbocycles. The minimum absolute atomic E-state index is 0.0643. The molecule has 0 spiro atoms. The molecule has 0 unspecified atom stereocenters. The van der Waals surface area contributed by atoms with Gasteiger partial charge in [0.25, 0.3) is 11.0 Å². The smallest absolute Gasteiger partial charge is 0.257 e. The Morgan fingerprint density at radius 3 is 2.16 bits per heavy atom. The van der Waals surface area contributed by atoms with Crippen LogP contribution in [-0.2, 0) is 19.9 Å². The van der Waals surface area contributed by atoms with Gasteiger partial charge in [-0.15, -0.1) is 0 Å². The molecule has 114 valence electrons. The van der Waals surface area contributed by atoms with Crippen LogP contribution in [0.25, 0.3) is 0 Å². The molecule has 0 aromatic heterocycles. The molecular weight excluding hydrogens is 270 g/mol. The van der Waals surface area contributed by atoms with Gasteiger partial charge in [0, 0.05) is 17.7 Å². The summed E-state index contributed by atoms with van der Waals surface area (Å²) in [6.45, 7) is 8.55. The first-order chi connectivity index (χ1) is 8.65. The maximum Gasteiger partial charge on any atom is 0.257 e. The number of rotatable bonds is 6. The molecule has 1 rings (SSSR count). The fourth-order valence-electron chi connectivity index (χ4n) is 2.74. The van der Waals surface area contributed by atoms with Crippen LogP contribution in [-0.4, -0.2) is 49.1 Å². The van der Waals surface area contributed by atoms with Crippen LogP contribution < -0.4 is 0 Å². The van der Waals surface area contributed by atoms with Crippen LogP contribution in [0.1, 0.15) is 47.0 Å². The van der Waals surface area contributed by atoms with Crippen molar-refractivity contribution >= 4 is 11.0 Å². The Morgan fingerprint density at radius 2 is 1.68 bits per heavy atom. The molecular formula is C12H25NO5S. The Balaban J connectivity index is 2.39. The van der Waals surface area contributed by atoms with Gasteiger partial charge >= 0.3 is 0 Å². The van der Waals surface area contributed by atoms with Gasteiger partial charge in [0.2, 0.25) is 0 Å². The van der Waals surface area contributed by atoms with Crippen molar-refractivity contribution in [3.63, 3.8) is 0 Å². The lowest BCUT2D eigenvalue weighted by molar-refractivity contribution is -0.261. The molecule has 0 amide bonds. The number of nitrogens with zero attached hydrogens (tertiary/aromatic N) is 1. The first kappa shape index (κ1) is 16.8. The normalized spacial score (nSPS) is 23.9. The molecule has 1 aliphatic heterocycles. The molecule has 1 saturated heterocycles. The predicted octanol–water partition coefficient (Wildman–Crippen LogP) is 1.35. The lowest BCUT2D eigenvalue weighted by Crippen LogP contribution is -2.60. The number of hydrogen-bond donors (Lipinski definition) is 2. The van der Waals surface area contributed by atoms with Gasteiger partial charge in [-0.1, -0.05) is 0 Å². The fourth-order valence-corrected chi connectivity index (χ4v) is 3.02. The van der Waals surface area contributed by atoms with Crippen molar-refractivity contribution in [1.82, 2.24) is 5.06 Å². The van der Waals surface area contributed by atoms with Gasteiger partial charge in [0.05, 0.1) is 12.7 Å². The van der Waals surface area contributed by atoms with Gasteiger partial charge in [-0.25, -0.2) is 8.42 Å². The van der Waals surface area contributed by atoms with Crippen molar-refractivity contribution in [3.05, 3.63) is 0 Å². The second-order valence-electron chi connectivity index (χ2n) is 6.25. The maximum atomic E-state index is 10.2. The van der Waals surface area contributed by atoms with Crippen molar-refractivity contribution in [2.45, 2.75) is 64.1 Å². The van der Waals surface area contributed by atoms with Crippen LogP contribution in [0.5, 0.6) is 0 Å². The van der Waals surface area contributed by atoms with Crippen LogP contribution in [0.2, 0.25) is 0 Å². The molecule has 1 N–H and O–H groups in total. The molecule has 0 aromatic rings. The largest absolute Gasteiger partial charge is 0.378 e. The number of ether oxygens (including phenoxy) is 1.